The zero-order valence-electron chi connectivity index (χ0n) is 11.7. The van der Waals surface area contributed by atoms with Crippen LogP contribution >= 0.6 is 0 Å². The molecule has 2 atom stereocenters. The average Bonchev–Trinajstić information content (AvgIpc) is 2.90. The van der Waals surface area contributed by atoms with Gasteiger partial charge in [-0.25, -0.2) is 0 Å². The molecule has 2 aliphatic carbocycles. The summed E-state index contributed by atoms with van der Waals surface area (Å²) in [4.78, 5) is 25.8. The van der Waals surface area contributed by atoms with E-state index in [1.807, 2.05) is 0 Å². The molecule has 4 rings (SSSR count). The molecule has 0 bridgehead atoms. The third-order valence-electron chi connectivity index (χ3n) is 5.31. The SMILES string of the molecule is O=C(c1cc(C2CC2)on1)N1C[C@@H]2CCC[C@@]2(C(=O)O)C1. The highest BCUT2D eigenvalue weighted by atomic mass is 16.5. The van der Waals surface area contributed by atoms with Crippen LogP contribution in [0, 0.1) is 11.3 Å². The molecule has 1 aromatic rings. The third kappa shape index (κ3) is 1.88. The van der Waals surface area contributed by atoms with Crippen LogP contribution in [0.4, 0.5) is 0 Å². The Kier molecular flexibility index (Phi) is 2.65. The Balaban J connectivity index is 1.54. The molecule has 0 spiro atoms. The number of rotatable bonds is 3. The molecule has 1 aliphatic heterocycles. The van der Waals surface area contributed by atoms with Crippen LogP contribution < -0.4 is 0 Å². The molecule has 1 N–H and O–H groups in total. The van der Waals surface area contributed by atoms with E-state index in [-0.39, 0.29) is 11.8 Å². The number of amides is 1. The highest BCUT2D eigenvalue weighted by molar-refractivity contribution is 5.93. The van der Waals surface area contributed by atoms with Crippen molar-refractivity contribution in [3.05, 3.63) is 17.5 Å². The number of carboxylic acids is 1. The molecule has 0 aromatic carbocycles. The lowest BCUT2D eigenvalue weighted by molar-refractivity contribution is -0.149. The highest BCUT2D eigenvalue weighted by Gasteiger charge is 2.56. The van der Waals surface area contributed by atoms with Gasteiger partial charge in [-0.15, -0.1) is 0 Å². The molecule has 6 nitrogen and oxygen atoms in total. The minimum atomic E-state index is -0.765. The molecule has 0 unspecified atom stereocenters. The Morgan fingerprint density at radius 1 is 1.38 bits per heavy atom. The van der Waals surface area contributed by atoms with Gasteiger partial charge >= 0.3 is 5.97 Å². The van der Waals surface area contributed by atoms with E-state index >= 15 is 0 Å². The van der Waals surface area contributed by atoms with E-state index in [1.165, 1.54) is 0 Å². The number of hydrogen-bond donors (Lipinski definition) is 1. The second-order valence-corrected chi connectivity index (χ2v) is 6.62. The summed E-state index contributed by atoms with van der Waals surface area (Å²) in [7, 11) is 0. The van der Waals surface area contributed by atoms with E-state index < -0.39 is 11.4 Å². The number of carbonyl (C=O) groups excluding carboxylic acids is 1. The van der Waals surface area contributed by atoms with Gasteiger partial charge in [0, 0.05) is 25.1 Å². The smallest absolute Gasteiger partial charge is 0.311 e. The second kappa shape index (κ2) is 4.32. The Hall–Kier alpha value is -1.85. The predicted octanol–water partition coefficient (Wildman–Crippen LogP) is 1.88. The molecule has 1 saturated heterocycles. The van der Waals surface area contributed by atoms with E-state index in [1.54, 1.807) is 11.0 Å². The van der Waals surface area contributed by atoms with Crippen molar-refractivity contribution >= 4 is 11.9 Å². The number of likely N-dealkylation sites (tertiary alicyclic amines) is 1. The summed E-state index contributed by atoms with van der Waals surface area (Å²) < 4.78 is 5.22. The number of fused-ring (bicyclic) bond motifs is 1. The Labute approximate surface area is 122 Å². The van der Waals surface area contributed by atoms with Gasteiger partial charge in [-0.3, -0.25) is 9.59 Å². The molecule has 1 amide bonds. The third-order valence-corrected chi connectivity index (χ3v) is 5.31. The molecule has 21 heavy (non-hydrogen) atoms. The zero-order chi connectivity index (χ0) is 14.6. The molecular weight excluding hydrogens is 272 g/mol. The van der Waals surface area contributed by atoms with E-state index in [0.29, 0.717) is 31.1 Å². The Morgan fingerprint density at radius 3 is 2.86 bits per heavy atom. The van der Waals surface area contributed by atoms with Crippen molar-refractivity contribution < 1.29 is 19.2 Å². The Bertz CT molecular complexity index is 607. The number of carboxylic acid groups (broad SMARTS) is 1. The monoisotopic (exact) mass is 290 g/mol. The first kappa shape index (κ1) is 12.9. The van der Waals surface area contributed by atoms with E-state index in [0.717, 1.165) is 31.4 Å². The molecule has 2 heterocycles. The van der Waals surface area contributed by atoms with Crippen molar-refractivity contribution in [1.29, 1.82) is 0 Å². The molecule has 1 aromatic heterocycles. The molecule has 6 heteroatoms. The maximum Gasteiger partial charge on any atom is 0.311 e. The summed E-state index contributed by atoms with van der Waals surface area (Å²) >= 11 is 0. The van der Waals surface area contributed by atoms with E-state index in [2.05, 4.69) is 5.16 Å². The lowest BCUT2D eigenvalue weighted by atomic mass is 9.81. The predicted molar refractivity (Wildman–Crippen MR) is 71.8 cm³/mol. The normalized spacial score (nSPS) is 31.4. The van der Waals surface area contributed by atoms with Crippen LogP contribution in [0.1, 0.15) is 54.3 Å². The van der Waals surface area contributed by atoms with Gasteiger partial charge in [-0.2, -0.15) is 0 Å². The second-order valence-electron chi connectivity index (χ2n) is 6.62. The fourth-order valence-electron chi connectivity index (χ4n) is 3.91. The quantitative estimate of drug-likeness (QED) is 0.918. The fraction of sp³-hybridized carbons (Fsp3) is 0.667. The van der Waals surface area contributed by atoms with Gasteiger partial charge in [0.05, 0.1) is 5.41 Å². The van der Waals surface area contributed by atoms with Gasteiger partial charge in [0.25, 0.3) is 5.91 Å². The van der Waals surface area contributed by atoms with Crippen LogP contribution in [0.2, 0.25) is 0 Å². The minimum Gasteiger partial charge on any atom is -0.481 e. The topological polar surface area (TPSA) is 83.6 Å². The molecular formula is C15H18N2O4. The standard InChI is InChI=1S/C15H18N2O4/c18-13(11-6-12(21-16-11)9-3-4-9)17-7-10-2-1-5-15(10,8-17)14(19)20/h6,9-10H,1-5,7-8H2,(H,19,20)/t10-,15+/m0/s1. The van der Waals surface area contributed by atoms with Crippen molar-refractivity contribution in [2.75, 3.05) is 13.1 Å². The molecule has 2 saturated carbocycles. The summed E-state index contributed by atoms with van der Waals surface area (Å²) in [5.74, 6) is 0.321. The molecule has 3 aliphatic rings. The molecule has 3 fully saturated rings. The van der Waals surface area contributed by atoms with Gasteiger partial charge in [0.2, 0.25) is 0 Å². The maximum absolute atomic E-state index is 12.5. The number of nitrogens with zero attached hydrogens (tertiary/aromatic N) is 2. The maximum atomic E-state index is 12.5. The van der Waals surface area contributed by atoms with Crippen molar-refractivity contribution in [1.82, 2.24) is 10.1 Å². The summed E-state index contributed by atoms with van der Waals surface area (Å²) in [6.45, 7) is 0.828. The van der Waals surface area contributed by atoms with Crippen LogP contribution in [0.5, 0.6) is 0 Å². The first-order valence-corrected chi connectivity index (χ1v) is 7.59. The lowest BCUT2D eigenvalue weighted by Gasteiger charge is -2.22. The van der Waals surface area contributed by atoms with Crippen LogP contribution in [0.15, 0.2) is 10.6 Å². The van der Waals surface area contributed by atoms with Gasteiger partial charge in [-0.1, -0.05) is 11.6 Å². The van der Waals surface area contributed by atoms with Gasteiger partial charge in [0.15, 0.2) is 5.69 Å². The zero-order valence-corrected chi connectivity index (χ0v) is 11.7. The first-order chi connectivity index (χ1) is 10.1. The summed E-state index contributed by atoms with van der Waals surface area (Å²) in [5, 5.41) is 13.4. The van der Waals surface area contributed by atoms with Gasteiger partial charge < -0.3 is 14.5 Å². The van der Waals surface area contributed by atoms with Crippen LogP contribution in [0.3, 0.4) is 0 Å². The summed E-state index contributed by atoms with van der Waals surface area (Å²) in [5.41, 5.74) is -0.420. The van der Waals surface area contributed by atoms with Crippen molar-refractivity contribution in [3.63, 3.8) is 0 Å². The van der Waals surface area contributed by atoms with Crippen LogP contribution in [-0.2, 0) is 4.79 Å². The van der Waals surface area contributed by atoms with Gasteiger partial charge in [0.1, 0.15) is 5.76 Å². The molecule has 0 radical (unpaired) electrons. The van der Waals surface area contributed by atoms with Crippen LogP contribution in [-0.4, -0.2) is 40.1 Å². The number of aliphatic carboxylic acids is 1. The largest absolute Gasteiger partial charge is 0.481 e. The van der Waals surface area contributed by atoms with Crippen molar-refractivity contribution in [2.45, 2.75) is 38.0 Å². The summed E-state index contributed by atoms with van der Waals surface area (Å²) in [6.07, 6.45) is 4.69. The fourth-order valence-corrected chi connectivity index (χ4v) is 3.91. The number of aromatic nitrogens is 1. The number of hydrogen-bond acceptors (Lipinski definition) is 4. The van der Waals surface area contributed by atoms with Crippen molar-refractivity contribution in [3.8, 4) is 0 Å². The summed E-state index contributed by atoms with van der Waals surface area (Å²) in [6, 6.07) is 1.72. The Morgan fingerprint density at radius 2 is 2.19 bits per heavy atom. The highest BCUT2D eigenvalue weighted by Crippen LogP contribution is 2.49. The first-order valence-electron chi connectivity index (χ1n) is 7.59. The van der Waals surface area contributed by atoms with Crippen LogP contribution in [0.25, 0.3) is 0 Å². The van der Waals surface area contributed by atoms with E-state index in [9.17, 15) is 14.7 Å². The number of carbonyl (C=O) groups is 2. The van der Waals surface area contributed by atoms with E-state index in [4.69, 9.17) is 4.52 Å². The minimum absolute atomic E-state index is 0.0775. The average molecular weight is 290 g/mol. The lowest BCUT2D eigenvalue weighted by Crippen LogP contribution is -2.37. The molecule has 112 valence electrons. The van der Waals surface area contributed by atoms with Gasteiger partial charge in [-0.05, 0) is 31.6 Å². The van der Waals surface area contributed by atoms with Crippen molar-refractivity contribution in [2.24, 2.45) is 11.3 Å².